The number of amides is 2. The number of hydrogen-bond acceptors (Lipinski definition) is 4. The van der Waals surface area contributed by atoms with E-state index in [0.29, 0.717) is 24.4 Å². The van der Waals surface area contributed by atoms with Crippen molar-refractivity contribution in [2.45, 2.75) is 0 Å². The van der Waals surface area contributed by atoms with Crippen LogP contribution in [0, 0.1) is 5.82 Å². The van der Waals surface area contributed by atoms with Crippen molar-refractivity contribution in [3.05, 3.63) is 66.0 Å². The third-order valence-electron chi connectivity index (χ3n) is 3.66. The van der Waals surface area contributed by atoms with Gasteiger partial charge in [0, 0.05) is 25.5 Å². The number of nitrogens with one attached hydrogen (secondary N) is 2. The van der Waals surface area contributed by atoms with Crippen LogP contribution in [0.2, 0.25) is 0 Å². The quantitative estimate of drug-likeness (QED) is 0.663. The number of ether oxygens (including phenoxy) is 1. The number of halogens is 1. The molecule has 8 heteroatoms. The maximum absolute atomic E-state index is 13.0. The number of benzene rings is 1. The molecule has 0 aliphatic rings. The first-order valence-electron chi connectivity index (χ1n) is 7.91. The van der Waals surface area contributed by atoms with Crippen LogP contribution in [0.5, 0.6) is 0 Å². The van der Waals surface area contributed by atoms with Gasteiger partial charge in [0.15, 0.2) is 5.69 Å². The summed E-state index contributed by atoms with van der Waals surface area (Å²) in [6, 6.07) is 10.6. The molecule has 7 nitrogen and oxygen atoms in total. The van der Waals surface area contributed by atoms with Gasteiger partial charge in [0.1, 0.15) is 5.82 Å². The van der Waals surface area contributed by atoms with E-state index in [1.165, 1.54) is 35.8 Å². The Morgan fingerprint density at radius 3 is 2.65 bits per heavy atom. The largest absolute Gasteiger partial charge is 0.383 e. The number of pyridine rings is 1. The van der Waals surface area contributed by atoms with E-state index in [-0.39, 0.29) is 11.5 Å². The van der Waals surface area contributed by atoms with E-state index in [2.05, 4.69) is 15.6 Å². The van der Waals surface area contributed by atoms with E-state index < -0.39 is 17.6 Å². The summed E-state index contributed by atoms with van der Waals surface area (Å²) in [6.45, 7) is 0.702. The van der Waals surface area contributed by atoms with Gasteiger partial charge in [-0.15, -0.1) is 0 Å². The Morgan fingerprint density at radius 1 is 1.15 bits per heavy atom. The van der Waals surface area contributed by atoms with Gasteiger partial charge in [0.05, 0.1) is 12.1 Å². The molecule has 0 aliphatic carbocycles. The summed E-state index contributed by atoms with van der Waals surface area (Å²) in [6.07, 6.45) is 1.65. The third kappa shape index (κ3) is 3.70. The van der Waals surface area contributed by atoms with Crippen molar-refractivity contribution >= 4 is 23.0 Å². The Kier molecular flexibility index (Phi) is 5.23. The number of nitrogens with zero attached hydrogens (tertiary/aromatic N) is 2. The Hall–Kier alpha value is -3.26. The monoisotopic (exact) mass is 356 g/mol. The average Bonchev–Trinajstić information content (AvgIpc) is 3.04. The second-order valence-electron chi connectivity index (χ2n) is 5.45. The molecule has 134 valence electrons. The second kappa shape index (κ2) is 7.75. The fourth-order valence-corrected chi connectivity index (χ4v) is 2.44. The minimum Gasteiger partial charge on any atom is -0.383 e. The standard InChI is InChI=1S/C18H17FN4O3/c1-26-11-9-20-17(24)15-14-4-2-3-10-23(14)16(22-15)18(25)21-13-7-5-12(19)6-8-13/h2-8,10H,9,11H2,1H3,(H,20,24)(H,21,25). The smallest absolute Gasteiger partial charge is 0.292 e. The lowest BCUT2D eigenvalue weighted by Crippen LogP contribution is -2.27. The highest BCUT2D eigenvalue weighted by atomic mass is 19.1. The molecule has 3 aromatic rings. The molecule has 2 amide bonds. The predicted octanol–water partition coefficient (Wildman–Crippen LogP) is 2.10. The van der Waals surface area contributed by atoms with Crippen LogP contribution >= 0.6 is 0 Å². The van der Waals surface area contributed by atoms with Crippen LogP contribution in [-0.4, -0.2) is 41.5 Å². The maximum Gasteiger partial charge on any atom is 0.292 e. The van der Waals surface area contributed by atoms with E-state index in [1.807, 2.05) is 0 Å². The van der Waals surface area contributed by atoms with Gasteiger partial charge in [-0.3, -0.25) is 14.0 Å². The van der Waals surface area contributed by atoms with Crippen LogP contribution in [0.1, 0.15) is 21.1 Å². The lowest BCUT2D eigenvalue weighted by molar-refractivity contribution is 0.0934. The summed E-state index contributed by atoms with van der Waals surface area (Å²) in [7, 11) is 1.54. The zero-order chi connectivity index (χ0) is 18.5. The second-order valence-corrected chi connectivity index (χ2v) is 5.45. The molecule has 0 bridgehead atoms. The molecule has 0 radical (unpaired) electrons. The molecule has 1 aromatic carbocycles. The SMILES string of the molecule is COCCNC(=O)c1nc(C(=O)Nc2ccc(F)cc2)n2ccccc12. The molecule has 0 atom stereocenters. The van der Waals surface area contributed by atoms with E-state index in [0.717, 1.165) is 0 Å². The Morgan fingerprint density at radius 2 is 1.92 bits per heavy atom. The van der Waals surface area contributed by atoms with Gasteiger partial charge in [0.2, 0.25) is 5.82 Å². The summed E-state index contributed by atoms with van der Waals surface area (Å²) in [5.41, 5.74) is 1.08. The highest BCUT2D eigenvalue weighted by Gasteiger charge is 2.21. The van der Waals surface area contributed by atoms with Crippen LogP contribution in [-0.2, 0) is 4.74 Å². The molecule has 2 heterocycles. The topological polar surface area (TPSA) is 84.7 Å². The molecule has 3 rings (SSSR count). The Bertz CT molecular complexity index is 937. The molecule has 0 saturated heterocycles. The normalized spacial score (nSPS) is 10.7. The van der Waals surface area contributed by atoms with Crippen LogP contribution in [0.4, 0.5) is 10.1 Å². The lowest BCUT2D eigenvalue weighted by Gasteiger charge is -2.04. The molecular formula is C18H17FN4O3. The van der Waals surface area contributed by atoms with Gasteiger partial charge < -0.3 is 15.4 Å². The van der Waals surface area contributed by atoms with E-state index in [9.17, 15) is 14.0 Å². The minimum absolute atomic E-state index is 0.0572. The molecule has 2 aromatic heterocycles. The van der Waals surface area contributed by atoms with E-state index in [1.54, 1.807) is 24.4 Å². The molecule has 26 heavy (non-hydrogen) atoms. The molecule has 2 N–H and O–H groups in total. The highest BCUT2D eigenvalue weighted by Crippen LogP contribution is 2.15. The van der Waals surface area contributed by atoms with Gasteiger partial charge >= 0.3 is 0 Å². The van der Waals surface area contributed by atoms with Crippen molar-refractivity contribution in [1.82, 2.24) is 14.7 Å². The summed E-state index contributed by atoms with van der Waals surface area (Å²) in [4.78, 5) is 29.1. The minimum atomic E-state index is -0.506. The average molecular weight is 356 g/mol. The summed E-state index contributed by atoms with van der Waals surface area (Å²) in [5.74, 6) is -1.24. The number of imidazole rings is 1. The zero-order valence-corrected chi connectivity index (χ0v) is 14.0. The summed E-state index contributed by atoms with van der Waals surface area (Å²) < 4.78 is 19.4. The molecular weight excluding hydrogens is 339 g/mol. The van der Waals surface area contributed by atoms with Crippen LogP contribution in [0.15, 0.2) is 48.7 Å². The fraction of sp³-hybridized carbons (Fsp3) is 0.167. The van der Waals surface area contributed by atoms with Gasteiger partial charge in [0.25, 0.3) is 11.8 Å². The zero-order valence-electron chi connectivity index (χ0n) is 14.0. The number of fused-ring (bicyclic) bond motifs is 1. The van der Waals surface area contributed by atoms with Gasteiger partial charge in [-0.05, 0) is 36.4 Å². The first-order valence-corrected chi connectivity index (χ1v) is 7.91. The van der Waals surface area contributed by atoms with Crippen molar-refractivity contribution in [2.75, 3.05) is 25.6 Å². The number of carbonyl (C=O) groups is 2. The van der Waals surface area contributed by atoms with Crippen molar-refractivity contribution in [1.29, 1.82) is 0 Å². The van der Waals surface area contributed by atoms with Crippen molar-refractivity contribution < 1.29 is 18.7 Å². The summed E-state index contributed by atoms with van der Waals surface area (Å²) in [5, 5.41) is 5.33. The number of hydrogen-bond donors (Lipinski definition) is 2. The number of aromatic nitrogens is 2. The first-order chi connectivity index (χ1) is 12.6. The van der Waals surface area contributed by atoms with Crippen molar-refractivity contribution in [2.24, 2.45) is 0 Å². The first kappa shape index (κ1) is 17.6. The van der Waals surface area contributed by atoms with Gasteiger partial charge in [-0.1, -0.05) is 6.07 Å². The van der Waals surface area contributed by atoms with Crippen LogP contribution in [0.25, 0.3) is 5.52 Å². The van der Waals surface area contributed by atoms with Gasteiger partial charge in [-0.2, -0.15) is 0 Å². The molecule has 0 saturated carbocycles. The lowest BCUT2D eigenvalue weighted by atomic mass is 10.3. The van der Waals surface area contributed by atoms with E-state index in [4.69, 9.17) is 4.74 Å². The summed E-state index contributed by atoms with van der Waals surface area (Å²) >= 11 is 0. The number of methoxy groups -OCH3 is 1. The Labute approximate surface area is 148 Å². The predicted molar refractivity (Wildman–Crippen MR) is 93.8 cm³/mol. The van der Waals surface area contributed by atoms with Crippen LogP contribution < -0.4 is 10.6 Å². The third-order valence-corrected chi connectivity index (χ3v) is 3.66. The molecule has 0 spiro atoms. The number of carbonyl (C=O) groups excluding carboxylic acids is 2. The maximum atomic E-state index is 13.0. The molecule has 0 aliphatic heterocycles. The van der Waals surface area contributed by atoms with Gasteiger partial charge in [-0.25, -0.2) is 9.37 Å². The fourth-order valence-electron chi connectivity index (χ4n) is 2.44. The van der Waals surface area contributed by atoms with Crippen LogP contribution in [0.3, 0.4) is 0 Å². The number of rotatable bonds is 6. The highest BCUT2D eigenvalue weighted by molar-refractivity contribution is 6.06. The van der Waals surface area contributed by atoms with E-state index >= 15 is 0 Å². The van der Waals surface area contributed by atoms with Crippen molar-refractivity contribution in [3.63, 3.8) is 0 Å². The Balaban J connectivity index is 1.89. The number of anilines is 1. The molecule has 0 fully saturated rings. The van der Waals surface area contributed by atoms with Crippen molar-refractivity contribution in [3.8, 4) is 0 Å². The molecule has 0 unspecified atom stereocenters.